The summed E-state index contributed by atoms with van der Waals surface area (Å²) >= 11 is 5.96. The van der Waals surface area contributed by atoms with Crippen molar-refractivity contribution >= 4 is 23.2 Å². The summed E-state index contributed by atoms with van der Waals surface area (Å²) in [6.07, 6.45) is 0.637. The van der Waals surface area contributed by atoms with E-state index in [2.05, 4.69) is 5.10 Å². The van der Waals surface area contributed by atoms with Crippen molar-refractivity contribution in [3.63, 3.8) is 0 Å². The van der Waals surface area contributed by atoms with Crippen molar-refractivity contribution in [1.82, 2.24) is 5.01 Å². The minimum absolute atomic E-state index is 0.0230. The van der Waals surface area contributed by atoms with Gasteiger partial charge in [0.2, 0.25) is 5.91 Å². The SMILES string of the molecule is CC(=O)N1N=C(c2ccc(OCCO)cc2)CC1c1ccc(Cl)cc1. The van der Waals surface area contributed by atoms with Gasteiger partial charge in [0.05, 0.1) is 18.4 Å². The van der Waals surface area contributed by atoms with Crippen molar-refractivity contribution in [3.8, 4) is 5.75 Å². The molecule has 1 heterocycles. The van der Waals surface area contributed by atoms with Gasteiger partial charge in [0.1, 0.15) is 12.4 Å². The van der Waals surface area contributed by atoms with Crippen LogP contribution in [0.15, 0.2) is 53.6 Å². The number of nitrogens with zero attached hydrogens (tertiary/aromatic N) is 2. The Labute approximate surface area is 151 Å². The van der Waals surface area contributed by atoms with Crippen molar-refractivity contribution in [3.05, 3.63) is 64.7 Å². The molecule has 1 aliphatic heterocycles. The molecule has 0 aliphatic carbocycles. The maximum absolute atomic E-state index is 12.0. The van der Waals surface area contributed by atoms with Gasteiger partial charge in [-0.1, -0.05) is 23.7 Å². The number of benzene rings is 2. The van der Waals surface area contributed by atoms with Gasteiger partial charge in [0, 0.05) is 18.4 Å². The van der Waals surface area contributed by atoms with E-state index in [1.165, 1.54) is 11.9 Å². The van der Waals surface area contributed by atoms with Crippen LogP contribution in [0, 0.1) is 0 Å². The van der Waals surface area contributed by atoms with Crippen LogP contribution in [-0.4, -0.2) is 34.9 Å². The normalized spacial score (nSPS) is 16.7. The summed E-state index contributed by atoms with van der Waals surface area (Å²) in [5, 5.41) is 15.5. The molecule has 0 saturated carbocycles. The summed E-state index contributed by atoms with van der Waals surface area (Å²) in [7, 11) is 0. The molecule has 25 heavy (non-hydrogen) atoms. The summed E-state index contributed by atoms with van der Waals surface area (Å²) in [6, 6.07) is 14.8. The van der Waals surface area contributed by atoms with Gasteiger partial charge in [-0.2, -0.15) is 5.10 Å². The molecule has 2 aromatic rings. The number of aliphatic hydroxyl groups is 1. The van der Waals surface area contributed by atoms with Crippen LogP contribution >= 0.6 is 11.6 Å². The summed E-state index contributed by atoms with van der Waals surface area (Å²) in [4.78, 5) is 12.0. The Morgan fingerprint density at radius 1 is 1.24 bits per heavy atom. The molecule has 0 saturated heterocycles. The number of rotatable bonds is 5. The molecule has 0 bridgehead atoms. The van der Waals surface area contributed by atoms with Crippen LogP contribution in [-0.2, 0) is 4.79 Å². The number of halogens is 1. The zero-order valence-electron chi connectivity index (χ0n) is 13.9. The Morgan fingerprint density at radius 2 is 1.92 bits per heavy atom. The minimum Gasteiger partial charge on any atom is -0.491 e. The number of hydrogen-bond acceptors (Lipinski definition) is 4. The van der Waals surface area contributed by atoms with E-state index in [4.69, 9.17) is 21.4 Å². The van der Waals surface area contributed by atoms with Crippen LogP contribution in [0.3, 0.4) is 0 Å². The molecule has 1 unspecified atom stereocenters. The summed E-state index contributed by atoms with van der Waals surface area (Å²) < 4.78 is 5.37. The van der Waals surface area contributed by atoms with Gasteiger partial charge in [0.25, 0.3) is 0 Å². The first-order chi connectivity index (χ1) is 12.1. The number of carbonyl (C=O) groups is 1. The second-order valence-electron chi connectivity index (χ2n) is 5.78. The highest BCUT2D eigenvalue weighted by molar-refractivity contribution is 6.30. The van der Waals surface area contributed by atoms with Gasteiger partial charge >= 0.3 is 0 Å². The quantitative estimate of drug-likeness (QED) is 0.890. The monoisotopic (exact) mass is 358 g/mol. The Morgan fingerprint density at radius 3 is 2.52 bits per heavy atom. The van der Waals surface area contributed by atoms with Gasteiger partial charge in [-0.3, -0.25) is 4.79 Å². The molecule has 130 valence electrons. The van der Waals surface area contributed by atoms with Crippen LogP contribution in [0.2, 0.25) is 5.02 Å². The van der Waals surface area contributed by atoms with Crippen molar-refractivity contribution in [1.29, 1.82) is 0 Å². The molecule has 5 nitrogen and oxygen atoms in total. The summed E-state index contributed by atoms with van der Waals surface area (Å²) in [5.74, 6) is 0.590. The fourth-order valence-corrected chi connectivity index (χ4v) is 2.95. The third kappa shape index (κ3) is 4.00. The molecule has 2 aromatic carbocycles. The number of aliphatic hydroxyl groups excluding tert-OH is 1. The largest absolute Gasteiger partial charge is 0.491 e. The Bertz CT molecular complexity index is 772. The number of hydrogen-bond donors (Lipinski definition) is 1. The molecule has 1 N–H and O–H groups in total. The van der Waals surface area contributed by atoms with Crippen molar-refractivity contribution < 1.29 is 14.6 Å². The van der Waals surface area contributed by atoms with Crippen LogP contribution in [0.5, 0.6) is 5.75 Å². The maximum Gasteiger partial charge on any atom is 0.240 e. The lowest BCUT2D eigenvalue weighted by Gasteiger charge is -2.20. The fraction of sp³-hybridized carbons (Fsp3) is 0.263. The van der Waals surface area contributed by atoms with Crippen molar-refractivity contribution in [2.75, 3.05) is 13.2 Å². The number of hydrazone groups is 1. The number of amides is 1. The molecule has 0 radical (unpaired) electrons. The van der Waals surface area contributed by atoms with Gasteiger partial charge < -0.3 is 9.84 Å². The number of carbonyl (C=O) groups excluding carboxylic acids is 1. The fourth-order valence-electron chi connectivity index (χ4n) is 2.83. The molecule has 3 rings (SSSR count). The van der Waals surface area contributed by atoms with E-state index in [1.807, 2.05) is 48.5 Å². The third-order valence-electron chi connectivity index (χ3n) is 4.04. The van der Waals surface area contributed by atoms with Gasteiger partial charge in [-0.25, -0.2) is 5.01 Å². The molecule has 6 heteroatoms. The standard InChI is InChI=1S/C19H19ClN2O3/c1-13(24)22-19(15-2-6-16(20)7-3-15)12-18(21-22)14-4-8-17(9-5-14)25-11-10-23/h2-9,19,23H,10-12H2,1H3. The highest BCUT2D eigenvalue weighted by Crippen LogP contribution is 2.33. The van der Waals surface area contributed by atoms with Crippen molar-refractivity contribution in [2.45, 2.75) is 19.4 Å². The molecule has 0 fully saturated rings. The van der Waals surface area contributed by atoms with Crippen LogP contribution < -0.4 is 4.74 Å². The molecule has 0 spiro atoms. The lowest BCUT2D eigenvalue weighted by molar-refractivity contribution is -0.130. The van der Waals surface area contributed by atoms with Crippen LogP contribution in [0.1, 0.15) is 30.5 Å². The topological polar surface area (TPSA) is 62.1 Å². The van der Waals surface area contributed by atoms with E-state index >= 15 is 0 Å². The summed E-state index contributed by atoms with van der Waals surface area (Å²) in [5.41, 5.74) is 2.80. The average Bonchev–Trinajstić information content (AvgIpc) is 3.07. The Balaban J connectivity index is 1.81. The van der Waals surface area contributed by atoms with E-state index in [0.717, 1.165) is 16.8 Å². The van der Waals surface area contributed by atoms with Crippen LogP contribution in [0.4, 0.5) is 0 Å². The second-order valence-corrected chi connectivity index (χ2v) is 6.21. The van der Waals surface area contributed by atoms with Crippen LogP contribution in [0.25, 0.3) is 0 Å². The molecular formula is C19H19ClN2O3. The first-order valence-electron chi connectivity index (χ1n) is 8.05. The molecule has 1 aliphatic rings. The Kier molecular flexibility index (Phi) is 5.36. The third-order valence-corrected chi connectivity index (χ3v) is 4.29. The van der Waals surface area contributed by atoms with E-state index in [0.29, 0.717) is 17.2 Å². The lowest BCUT2D eigenvalue weighted by Crippen LogP contribution is -2.24. The zero-order valence-corrected chi connectivity index (χ0v) is 14.6. The highest BCUT2D eigenvalue weighted by Gasteiger charge is 2.31. The predicted molar refractivity (Wildman–Crippen MR) is 96.9 cm³/mol. The van der Waals surface area contributed by atoms with Gasteiger partial charge in [0.15, 0.2) is 0 Å². The van der Waals surface area contributed by atoms with Gasteiger partial charge in [-0.05, 0) is 47.5 Å². The van der Waals surface area contributed by atoms with E-state index in [1.54, 1.807) is 0 Å². The first-order valence-corrected chi connectivity index (χ1v) is 8.43. The smallest absolute Gasteiger partial charge is 0.240 e. The van der Waals surface area contributed by atoms with E-state index < -0.39 is 0 Å². The van der Waals surface area contributed by atoms with E-state index in [-0.39, 0.29) is 25.2 Å². The predicted octanol–water partition coefficient (Wildman–Crippen LogP) is 3.41. The maximum atomic E-state index is 12.0. The summed E-state index contributed by atoms with van der Waals surface area (Å²) in [6.45, 7) is 1.75. The molecular weight excluding hydrogens is 340 g/mol. The molecule has 0 aromatic heterocycles. The Hall–Kier alpha value is -2.37. The minimum atomic E-state index is -0.130. The first kappa shape index (κ1) is 17.5. The molecule has 1 atom stereocenters. The second kappa shape index (κ2) is 7.68. The number of ether oxygens (including phenoxy) is 1. The van der Waals surface area contributed by atoms with E-state index in [9.17, 15) is 4.79 Å². The van der Waals surface area contributed by atoms with Gasteiger partial charge in [-0.15, -0.1) is 0 Å². The van der Waals surface area contributed by atoms with Crippen molar-refractivity contribution in [2.24, 2.45) is 5.10 Å². The highest BCUT2D eigenvalue weighted by atomic mass is 35.5. The lowest BCUT2D eigenvalue weighted by atomic mass is 9.98. The molecule has 1 amide bonds. The zero-order chi connectivity index (χ0) is 17.8. The average molecular weight is 359 g/mol.